The molecular formula is C19H44O8Si4. The zero-order chi connectivity index (χ0) is 22.8. The monoisotopic (exact) mass is 512 g/mol. The molecule has 0 aliphatic carbocycles. The molecule has 8 nitrogen and oxygen atoms in total. The summed E-state index contributed by atoms with van der Waals surface area (Å²) in [5, 5.41) is 0. The second kappa shape index (κ2) is 13.4. The maximum atomic E-state index is 6.91. The fourth-order valence-electron chi connectivity index (χ4n) is 4.11. The second-order valence-corrected chi connectivity index (χ2v) is 21.8. The molecule has 31 heavy (non-hydrogen) atoms. The van der Waals surface area contributed by atoms with Gasteiger partial charge in [-0.15, -0.1) is 0 Å². The molecule has 0 aromatic carbocycles. The highest BCUT2D eigenvalue weighted by Gasteiger charge is 2.45. The van der Waals surface area contributed by atoms with Gasteiger partial charge in [0.2, 0.25) is 0 Å². The van der Waals surface area contributed by atoms with Crippen molar-refractivity contribution in [1.82, 2.24) is 0 Å². The van der Waals surface area contributed by atoms with Gasteiger partial charge in [0.05, 0.1) is 13.2 Å². The molecule has 2 heterocycles. The SMILES string of the molecule is CO[Si](CCC[Si]1(C)O[SiH](C)CCCCO[Si](C)(CCCOCC2CO2)O1)(OC)OC. The lowest BCUT2D eigenvalue weighted by Crippen LogP contribution is -2.54. The summed E-state index contributed by atoms with van der Waals surface area (Å²) < 4.78 is 47.8. The number of hydrogen-bond donors (Lipinski definition) is 0. The second-order valence-electron chi connectivity index (χ2n) is 8.93. The summed E-state index contributed by atoms with van der Waals surface area (Å²) >= 11 is 0. The normalized spacial score (nSPS) is 32.7. The summed E-state index contributed by atoms with van der Waals surface area (Å²) in [5.74, 6) is 0. The topological polar surface area (TPSA) is 77.1 Å². The number of rotatable bonds is 13. The zero-order valence-corrected chi connectivity index (χ0v) is 24.6. The molecule has 0 aromatic rings. The van der Waals surface area contributed by atoms with E-state index in [0.29, 0.717) is 12.7 Å². The van der Waals surface area contributed by atoms with Crippen LogP contribution in [0.2, 0.25) is 43.8 Å². The summed E-state index contributed by atoms with van der Waals surface area (Å²) in [6.45, 7) is 9.79. The van der Waals surface area contributed by atoms with Crippen molar-refractivity contribution in [1.29, 1.82) is 0 Å². The molecule has 12 heteroatoms. The van der Waals surface area contributed by atoms with E-state index >= 15 is 0 Å². The van der Waals surface area contributed by atoms with E-state index in [4.69, 9.17) is 35.4 Å². The van der Waals surface area contributed by atoms with Crippen LogP contribution in [0.15, 0.2) is 0 Å². The van der Waals surface area contributed by atoms with Crippen LogP contribution < -0.4 is 0 Å². The average Bonchev–Trinajstić information content (AvgIpc) is 3.55. The molecular weight excluding hydrogens is 469 g/mol. The van der Waals surface area contributed by atoms with Crippen molar-refractivity contribution >= 4 is 35.0 Å². The van der Waals surface area contributed by atoms with E-state index in [1.807, 2.05) is 0 Å². The molecule has 0 N–H and O–H groups in total. The van der Waals surface area contributed by atoms with Crippen LogP contribution in [-0.4, -0.2) is 88.8 Å². The standard InChI is InChI=1S/C19H44O8Si4/c1-20-31(21-2,22-3)16-10-15-30(6)26-28(4)13-8-7-12-25-29(5,27-30)14-9-11-23-17-19-18-24-19/h19,28H,7-18H2,1-6H3. The Morgan fingerprint density at radius 3 is 2.32 bits per heavy atom. The van der Waals surface area contributed by atoms with Crippen molar-refractivity contribution < 1.29 is 35.4 Å². The van der Waals surface area contributed by atoms with Gasteiger partial charge < -0.3 is 35.4 Å². The quantitative estimate of drug-likeness (QED) is 0.211. The minimum atomic E-state index is -2.59. The van der Waals surface area contributed by atoms with Crippen molar-refractivity contribution in [3.05, 3.63) is 0 Å². The lowest BCUT2D eigenvalue weighted by atomic mass is 10.4. The Labute approximate surface area is 193 Å². The van der Waals surface area contributed by atoms with Crippen molar-refractivity contribution in [2.24, 2.45) is 0 Å². The van der Waals surface area contributed by atoms with E-state index in [9.17, 15) is 0 Å². The Morgan fingerprint density at radius 1 is 1.00 bits per heavy atom. The van der Waals surface area contributed by atoms with E-state index in [1.165, 1.54) is 12.5 Å². The average molecular weight is 513 g/mol. The summed E-state index contributed by atoms with van der Waals surface area (Å²) in [7, 11) is -3.61. The Bertz CT molecular complexity index is 503. The Kier molecular flexibility index (Phi) is 12.0. The highest BCUT2D eigenvalue weighted by atomic mass is 28.5. The molecule has 2 aliphatic rings. The third kappa shape index (κ3) is 10.1. The van der Waals surface area contributed by atoms with E-state index in [1.54, 1.807) is 21.3 Å². The number of hydrogen-bond acceptors (Lipinski definition) is 8. The van der Waals surface area contributed by atoms with E-state index in [-0.39, 0.29) is 0 Å². The van der Waals surface area contributed by atoms with Gasteiger partial charge in [-0.25, -0.2) is 0 Å². The lowest BCUT2D eigenvalue weighted by molar-refractivity contribution is 0.114. The molecule has 4 atom stereocenters. The largest absolute Gasteiger partial charge is 0.500 e. The molecule has 0 radical (unpaired) electrons. The van der Waals surface area contributed by atoms with Crippen LogP contribution in [0.25, 0.3) is 0 Å². The third-order valence-corrected chi connectivity index (χ3v) is 20.4. The van der Waals surface area contributed by atoms with Crippen LogP contribution in [0, 0.1) is 0 Å². The number of ether oxygens (including phenoxy) is 2. The lowest BCUT2D eigenvalue weighted by Gasteiger charge is -2.40. The van der Waals surface area contributed by atoms with Gasteiger partial charge in [-0.3, -0.25) is 0 Å². The summed E-state index contributed by atoms with van der Waals surface area (Å²) in [5.41, 5.74) is 0. The maximum absolute atomic E-state index is 6.91. The highest BCUT2D eigenvalue weighted by Crippen LogP contribution is 2.30. The molecule has 2 rings (SSSR count). The molecule has 0 saturated carbocycles. The summed E-state index contributed by atoms with van der Waals surface area (Å²) in [6.07, 6.45) is 4.43. The molecule has 2 aliphatic heterocycles. The van der Waals surface area contributed by atoms with Crippen molar-refractivity contribution in [3.63, 3.8) is 0 Å². The first-order chi connectivity index (χ1) is 14.8. The minimum absolute atomic E-state index is 0.312. The molecule has 0 aromatic heterocycles. The molecule has 2 saturated heterocycles. The van der Waals surface area contributed by atoms with Crippen molar-refractivity contribution in [2.75, 3.05) is 47.8 Å². The maximum Gasteiger partial charge on any atom is 0.500 e. The molecule has 4 unspecified atom stereocenters. The van der Waals surface area contributed by atoms with Gasteiger partial charge in [0.15, 0.2) is 9.04 Å². The van der Waals surface area contributed by atoms with E-state index in [0.717, 1.165) is 57.2 Å². The van der Waals surface area contributed by atoms with Gasteiger partial charge in [0, 0.05) is 40.6 Å². The Hall–Kier alpha value is 0.548. The van der Waals surface area contributed by atoms with Crippen LogP contribution in [0.5, 0.6) is 0 Å². The van der Waals surface area contributed by atoms with Gasteiger partial charge in [0.25, 0.3) is 0 Å². The van der Waals surface area contributed by atoms with Crippen molar-refractivity contribution in [3.8, 4) is 0 Å². The Balaban J connectivity index is 1.96. The van der Waals surface area contributed by atoms with Gasteiger partial charge >= 0.3 is 25.9 Å². The minimum Gasteiger partial charge on any atom is -0.439 e. The van der Waals surface area contributed by atoms with Gasteiger partial charge in [-0.1, -0.05) is 6.42 Å². The summed E-state index contributed by atoms with van der Waals surface area (Å²) in [4.78, 5) is 0. The summed E-state index contributed by atoms with van der Waals surface area (Å²) in [6, 6.07) is 3.76. The molecule has 184 valence electrons. The molecule has 2 fully saturated rings. The third-order valence-electron chi connectivity index (χ3n) is 5.97. The molecule has 0 amide bonds. The van der Waals surface area contributed by atoms with Crippen LogP contribution in [-0.2, 0) is 35.4 Å². The Morgan fingerprint density at radius 2 is 1.68 bits per heavy atom. The van der Waals surface area contributed by atoms with Gasteiger partial charge in [-0.2, -0.15) is 0 Å². The highest BCUT2D eigenvalue weighted by molar-refractivity contribution is 6.83. The zero-order valence-electron chi connectivity index (χ0n) is 20.4. The predicted molar refractivity (Wildman–Crippen MR) is 129 cm³/mol. The fourth-order valence-corrected chi connectivity index (χ4v) is 19.1. The number of epoxide rings is 1. The van der Waals surface area contributed by atoms with Crippen molar-refractivity contribution in [2.45, 2.75) is 75.6 Å². The van der Waals surface area contributed by atoms with Gasteiger partial charge in [-0.05, 0) is 57.0 Å². The first-order valence-electron chi connectivity index (χ1n) is 11.6. The first-order valence-corrected chi connectivity index (χ1v) is 21.1. The molecule has 0 bridgehead atoms. The smallest absolute Gasteiger partial charge is 0.439 e. The van der Waals surface area contributed by atoms with Crippen LogP contribution >= 0.6 is 0 Å². The van der Waals surface area contributed by atoms with Crippen LogP contribution in [0.3, 0.4) is 0 Å². The first kappa shape index (κ1) is 27.8. The molecule has 0 spiro atoms. The predicted octanol–water partition coefficient (Wildman–Crippen LogP) is 3.40. The van der Waals surface area contributed by atoms with Crippen LogP contribution in [0.1, 0.15) is 25.7 Å². The van der Waals surface area contributed by atoms with Crippen LogP contribution in [0.4, 0.5) is 0 Å². The van der Waals surface area contributed by atoms with E-state index < -0.39 is 35.0 Å². The van der Waals surface area contributed by atoms with Gasteiger partial charge in [0.1, 0.15) is 6.10 Å². The van der Waals surface area contributed by atoms with E-state index in [2.05, 4.69) is 19.6 Å². The fraction of sp³-hybridized carbons (Fsp3) is 1.00.